The van der Waals surface area contributed by atoms with Gasteiger partial charge in [0.2, 0.25) is 0 Å². The van der Waals surface area contributed by atoms with Gasteiger partial charge >= 0.3 is 0 Å². The predicted octanol–water partition coefficient (Wildman–Crippen LogP) is 1.52. The zero-order chi connectivity index (χ0) is 7.97. The van der Waals surface area contributed by atoms with Crippen LogP contribution in [-0.2, 0) is 0 Å². The van der Waals surface area contributed by atoms with E-state index in [1.54, 1.807) is 17.5 Å². The molecular weight excluding hydrogens is 172 g/mol. The van der Waals surface area contributed by atoms with Gasteiger partial charge in [-0.2, -0.15) is 10.2 Å². The maximum atomic E-state index is 3.96. The Morgan fingerprint density at radius 3 is 3.33 bits per heavy atom. The summed E-state index contributed by atoms with van der Waals surface area (Å²) in [4.78, 5) is 1.10. The van der Waals surface area contributed by atoms with Crippen LogP contribution >= 0.6 is 11.3 Å². The van der Waals surface area contributed by atoms with Crippen molar-refractivity contribution in [2.45, 2.75) is 0 Å². The van der Waals surface area contributed by atoms with Gasteiger partial charge in [0, 0.05) is 0 Å². The molecule has 0 bridgehead atoms. The summed E-state index contributed by atoms with van der Waals surface area (Å²) in [5.41, 5.74) is 1.95. The first kappa shape index (κ1) is 6.07. The molecule has 0 aliphatic carbocycles. The lowest BCUT2D eigenvalue weighted by Crippen LogP contribution is -1.73. The summed E-state index contributed by atoms with van der Waals surface area (Å²) in [6, 6.07) is 1.96. The average molecular weight is 176 g/mol. The number of hydrogen-bond acceptors (Lipinski definition) is 4. The predicted molar refractivity (Wildman–Crippen MR) is 46.2 cm³/mol. The Bertz CT molecular complexity index is 455. The van der Waals surface area contributed by atoms with E-state index >= 15 is 0 Å². The molecule has 0 spiro atoms. The lowest BCUT2D eigenvalue weighted by Gasteiger charge is -1.92. The molecule has 2 aliphatic heterocycles. The van der Waals surface area contributed by atoms with E-state index in [-0.39, 0.29) is 0 Å². The summed E-state index contributed by atoms with van der Waals surface area (Å²) in [7, 11) is 0. The summed E-state index contributed by atoms with van der Waals surface area (Å²) in [5, 5.41) is 14.6. The largest absolute Gasteiger partial charge is 0.277 e. The van der Waals surface area contributed by atoms with E-state index in [1.165, 1.54) is 0 Å². The zero-order valence-electron chi connectivity index (χ0n) is 5.98. The fourth-order valence-corrected chi connectivity index (χ4v) is 2.02. The first-order valence-corrected chi connectivity index (χ1v) is 4.29. The van der Waals surface area contributed by atoms with Crippen LogP contribution in [0.15, 0.2) is 18.5 Å². The van der Waals surface area contributed by atoms with E-state index in [9.17, 15) is 0 Å². The number of rotatable bonds is 0. The van der Waals surface area contributed by atoms with Gasteiger partial charge in [0.15, 0.2) is 0 Å². The number of aromatic nitrogens is 4. The van der Waals surface area contributed by atoms with E-state index in [1.807, 2.05) is 12.3 Å². The molecule has 3 rings (SSSR count). The van der Waals surface area contributed by atoms with Gasteiger partial charge < -0.3 is 0 Å². The van der Waals surface area contributed by atoms with Crippen molar-refractivity contribution in [1.82, 2.24) is 20.4 Å². The van der Waals surface area contributed by atoms with Crippen molar-refractivity contribution < 1.29 is 0 Å². The van der Waals surface area contributed by atoms with Crippen molar-refractivity contribution in [1.29, 1.82) is 0 Å². The van der Waals surface area contributed by atoms with Gasteiger partial charge in [-0.3, -0.25) is 5.10 Å². The van der Waals surface area contributed by atoms with Gasteiger partial charge in [-0.15, -0.1) is 16.4 Å². The van der Waals surface area contributed by atoms with Gasteiger partial charge in [-0.05, 0) is 6.07 Å². The fraction of sp³-hybridized carbons (Fsp3) is 0. The molecule has 1 aromatic rings. The van der Waals surface area contributed by atoms with Gasteiger partial charge in [-0.1, -0.05) is 0 Å². The van der Waals surface area contributed by atoms with Crippen molar-refractivity contribution >= 4 is 21.6 Å². The number of aromatic amines is 1. The molecule has 0 saturated heterocycles. The maximum absolute atomic E-state index is 3.96. The first-order valence-electron chi connectivity index (χ1n) is 3.48. The lowest BCUT2D eigenvalue weighted by molar-refractivity contribution is 1.10. The van der Waals surface area contributed by atoms with E-state index in [0.717, 1.165) is 20.8 Å². The molecule has 58 valence electrons. The SMILES string of the molecule is c1nnc2cc3[nH]ncc3sc1-2. The minimum Gasteiger partial charge on any atom is -0.277 e. The molecule has 0 saturated carbocycles. The third kappa shape index (κ3) is 0.683. The molecule has 0 amide bonds. The van der Waals surface area contributed by atoms with Crippen LogP contribution < -0.4 is 0 Å². The van der Waals surface area contributed by atoms with Crippen LogP contribution in [0.5, 0.6) is 0 Å². The Labute approximate surface area is 71.6 Å². The Morgan fingerprint density at radius 1 is 1.33 bits per heavy atom. The Kier molecular flexibility index (Phi) is 1.02. The van der Waals surface area contributed by atoms with E-state index in [2.05, 4.69) is 20.4 Å². The normalized spacial score (nSPS) is 11.3. The van der Waals surface area contributed by atoms with Crippen LogP contribution in [0.1, 0.15) is 0 Å². The molecule has 2 aliphatic rings. The second-order valence-corrected chi connectivity index (χ2v) is 3.57. The monoisotopic (exact) mass is 176 g/mol. The maximum Gasteiger partial charge on any atom is 0.107 e. The molecular formula is C7H4N4S. The molecule has 1 aromatic heterocycles. The van der Waals surface area contributed by atoms with Crippen molar-refractivity contribution in [2.24, 2.45) is 0 Å². The fourth-order valence-electron chi connectivity index (χ4n) is 1.16. The summed E-state index contributed by atoms with van der Waals surface area (Å²) < 4.78 is 1.14. The molecule has 12 heavy (non-hydrogen) atoms. The topological polar surface area (TPSA) is 54.5 Å². The number of nitrogens with one attached hydrogen (secondary N) is 1. The van der Waals surface area contributed by atoms with Crippen molar-refractivity contribution in [3.8, 4) is 10.6 Å². The number of fused-ring (bicyclic) bond motifs is 2. The quantitative estimate of drug-likeness (QED) is 0.565. The molecule has 5 heteroatoms. The van der Waals surface area contributed by atoms with Gasteiger partial charge in [0.05, 0.1) is 27.5 Å². The summed E-state index contributed by atoms with van der Waals surface area (Å²) in [5.74, 6) is 0. The van der Waals surface area contributed by atoms with E-state index in [0.29, 0.717) is 0 Å². The highest BCUT2D eigenvalue weighted by Gasteiger charge is 2.08. The number of H-pyrrole nitrogens is 1. The summed E-state index contributed by atoms with van der Waals surface area (Å²) >= 11 is 1.65. The highest BCUT2D eigenvalue weighted by molar-refractivity contribution is 7.21. The van der Waals surface area contributed by atoms with Crippen molar-refractivity contribution in [3.63, 3.8) is 0 Å². The summed E-state index contributed by atoms with van der Waals surface area (Å²) in [6.07, 6.45) is 3.58. The van der Waals surface area contributed by atoms with Gasteiger partial charge in [0.25, 0.3) is 0 Å². The molecule has 0 aromatic carbocycles. The third-order valence-corrected chi connectivity index (χ3v) is 2.81. The molecule has 0 radical (unpaired) electrons. The van der Waals surface area contributed by atoms with Crippen LogP contribution in [0, 0.1) is 0 Å². The molecule has 0 unspecified atom stereocenters. The molecule has 1 N–H and O–H groups in total. The summed E-state index contributed by atoms with van der Waals surface area (Å²) in [6.45, 7) is 0. The van der Waals surface area contributed by atoms with Crippen LogP contribution in [-0.4, -0.2) is 20.4 Å². The van der Waals surface area contributed by atoms with Gasteiger partial charge in [-0.25, -0.2) is 0 Å². The van der Waals surface area contributed by atoms with Crippen molar-refractivity contribution in [3.05, 3.63) is 18.5 Å². The van der Waals surface area contributed by atoms with Crippen LogP contribution in [0.2, 0.25) is 0 Å². The van der Waals surface area contributed by atoms with Crippen LogP contribution in [0.3, 0.4) is 0 Å². The second kappa shape index (κ2) is 2.01. The standard InChI is InChI=1S/C7H4N4S/c1-4-6(2-8-10-4)12-7-3-9-11-5(1)7/h1-3H,(H,8,10). The molecule has 3 heterocycles. The van der Waals surface area contributed by atoms with Crippen molar-refractivity contribution in [2.75, 3.05) is 0 Å². The minimum atomic E-state index is 0.928. The molecule has 0 fully saturated rings. The zero-order valence-corrected chi connectivity index (χ0v) is 6.80. The molecule has 0 atom stereocenters. The Morgan fingerprint density at radius 2 is 2.33 bits per heavy atom. The number of nitrogens with zero attached hydrogens (tertiary/aromatic N) is 3. The second-order valence-electron chi connectivity index (χ2n) is 2.49. The highest BCUT2D eigenvalue weighted by Crippen LogP contribution is 2.29. The third-order valence-electron chi connectivity index (χ3n) is 1.73. The Balaban J connectivity index is 2.56. The first-order chi connectivity index (χ1) is 5.93. The lowest BCUT2D eigenvalue weighted by atomic mass is 10.3. The highest BCUT2D eigenvalue weighted by atomic mass is 32.1. The number of hydrogen-bond donors (Lipinski definition) is 1. The van der Waals surface area contributed by atoms with Crippen LogP contribution in [0.4, 0.5) is 0 Å². The van der Waals surface area contributed by atoms with E-state index < -0.39 is 0 Å². The van der Waals surface area contributed by atoms with Crippen LogP contribution in [0.25, 0.3) is 20.8 Å². The average Bonchev–Trinajstić information content (AvgIpc) is 2.64. The van der Waals surface area contributed by atoms with Gasteiger partial charge in [0.1, 0.15) is 5.69 Å². The smallest absolute Gasteiger partial charge is 0.107 e. The minimum absolute atomic E-state index is 0.928. The molecule has 4 nitrogen and oxygen atoms in total. The van der Waals surface area contributed by atoms with E-state index in [4.69, 9.17) is 0 Å². The Hall–Kier alpha value is -1.49.